The highest BCUT2D eigenvalue weighted by Gasteiger charge is 2.17. The van der Waals surface area contributed by atoms with Gasteiger partial charge in [-0.25, -0.2) is 0 Å². The molecule has 52 valence electrons. The summed E-state index contributed by atoms with van der Waals surface area (Å²) in [5, 5.41) is 0. The van der Waals surface area contributed by atoms with Gasteiger partial charge in [0, 0.05) is 12.6 Å². The minimum Gasteiger partial charge on any atom is -0.296 e. The van der Waals surface area contributed by atoms with E-state index in [1.807, 2.05) is 0 Å². The van der Waals surface area contributed by atoms with Gasteiger partial charge in [0.15, 0.2) is 0 Å². The van der Waals surface area contributed by atoms with Crippen molar-refractivity contribution in [3.8, 4) is 0 Å². The third kappa shape index (κ3) is 1.33. The lowest BCUT2D eigenvalue weighted by molar-refractivity contribution is 0.274. The first-order valence-corrected chi connectivity index (χ1v) is 3.58. The Morgan fingerprint density at radius 1 is 1.56 bits per heavy atom. The second-order valence-electron chi connectivity index (χ2n) is 3.10. The number of hydrogen-bond acceptors (Lipinski definition) is 1. The van der Waals surface area contributed by atoms with Crippen molar-refractivity contribution in [3.05, 3.63) is 12.2 Å². The van der Waals surface area contributed by atoms with Crippen LogP contribution in [-0.4, -0.2) is 24.5 Å². The van der Waals surface area contributed by atoms with E-state index in [0.717, 1.165) is 12.5 Å². The monoisotopic (exact) mass is 125 g/mol. The first-order chi connectivity index (χ1) is 4.22. The summed E-state index contributed by atoms with van der Waals surface area (Å²) in [4.78, 5) is 2.37. The highest BCUT2D eigenvalue weighted by molar-refractivity contribution is 5.03. The van der Waals surface area contributed by atoms with E-state index in [1.54, 1.807) is 0 Å². The maximum absolute atomic E-state index is 2.37. The largest absolute Gasteiger partial charge is 0.296 e. The zero-order chi connectivity index (χ0) is 6.85. The molecule has 0 saturated heterocycles. The molecule has 1 heterocycles. The van der Waals surface area contributed by atoms with Gasteiger partial charge < -0.3 is 0 Å². The van der Waals surface area contributed by atoms with Gasteiger partial charge >= 0.3 is 0 Å². The van der Waals surface area contributed by atoms with E-state index in [2.05, 4.69) is 37.9 Å². The predicted octanol–water partition coefficient (Wildman–Crippen LogP) is 1.51. The molecule has 9 heavy (non-hydrogen) atoms. The smallest absolute Gasteiger partial charge is 0.0301 e. The van der Waals surface area contributed by atoms with E-state index < -0.39 is 0 Å². The fourth-order valence-corrected chi connectivity index (χ4v) is 1.37. The lowest BCUT2D eigenvalue weighted by Crippen LogP contribution is -2.29. The fourth-order valence-electron chi connectivity index (χ4n) is 1.37. The Morgan fingerprint density at radius 2 is 2.22 bits per heavy atom. The molecule has 1 aliphatic rings. The molecule has 0 spiro atoms. The van der Waals surface area contributed by atoms with E-state index in [1.165, 1.54) is 0 Å². The molecule has 0 aromatic rings. The van der Waals surface area contributed by atoms with Crippen molar-refractivity contribution in [1.29, 1.82) is 0 Å². The van der Waals surface area contributed by atoms with Crippen LogP contribution in [0.3, 0.4) is 0 Å². The van der Waals surface area contributed by atoms with Crippen molar-refractivity contribution in [3.63, 3.8) is 0 Å². The summed E-state index contributed by atoms with van der Waals surface area (Å²) < 4.78 is 0. The van der Waals surface area contributed by atoms with Crippen LogP contribution in [0, 0.1) is 5.92 Å². The normalized spacial score (nSPS) is 28.2. The zero-order valence-electron chi connectivity index (χ0n) is 6.46. The summed E-state index contributed by atoms with van der Waals surface area (Å²) in [6.07, 6.45) is 4.54. The Bertz CT molecular complexity index is 116. The molecule has 1 aliphatic heterocycles. The Balaban J connectivity index is 2.49. The molecular formula is C8H15N. The molecular weight excluding hydrogens is 110 g/mol. The highest BCUT2D eigenvalue weighted by Crippen LogP contribution is 2.14. The first kappa shape index (κ1) is 6.81. The van der Waals surface area contributed by atoms with Gasteiger partial charge in [0.05, 0.1) is 0 Å². The summed E-state index contributed by atoms with van der Waals surface area (Å²) in [5.41, 5.74) is 0. The quantitative estimate of drug-likeness (QED) is 0.480. The van der Waals surface area contributed by atoms with E-state index in [-0.39, 0.29) is 0 Å². The van der Waals surface area contributed by atoms with Crippen molar-refractivity contribution in [2.24, 2.45) is 5.92 Å². The number of rotatable bonds is 1. The van der Waals surface area contributed by atoms with Crippen LogP contribution in [-0.2, 0) is 0 Å². The molecule has 0 unspecified atom stereocenters. The molecule has 0 N–H and O–H groups in total. The standard InChI is InChI=1S/C8H15N/c1-7(2)8-5-4-6-9(8)3/h4-5,7-8H,6H2,1-3H3/t8-/m0/s1. The number of hydrogen-bond donors (Lipinski definition) is 0. The van der Waals surface area contributed by atoms with Crippen molar-refractivity contribution in [1.82, 2.24) is 4.90 Å². The Morgan fingerprint density at radius 3 is 2.44 bits per heavy atom. The molecule has 0 aromatic heterocycles. The summed E-state index contributed by atoms with van der Waals surface area (Å²) in [7, 11) is 2.17. The van der Waals surface area contributed by atoms with Crippen molar-refractivity contribution >= 4 is 0 Å². The SMILES string of the molecule is CC(C)[C@@H]1C=CCN1C. The van der Waals surface area contributed by atoms with Crippen molar-refractivity contribution in [2.45, 2.75) is 19.9 Å². The zero-order valence-corrected chi connectivity index (χ0v) is 6.46. The minimum absolute atomic E-state index is 0.685. The van der Waals surface area contributed by atoms with Gasteiger partial charge in [-0.05, 0) is 13.0 Å². The lowest BCUT2D eigenvalue weighted by Gasteiger charge is -2.22. The second-order valence-corrected chi connectivity index (χ2v) is 3.10. The van der Waals surface area contributed by atoms with Gasteiger partial charge in [0.2, 0.25) is 0 Å². The van der Waals surface area contributed by atoms with Crippen LogP contribution in [0.4, 0.5) is 0 Å². The van der Waals surface area contributed by atoms with Crippen molar-refractivity contribution in [2.75, 3.05) is 13.6 Å². The molecule has 1 nitrogen and oxygen atoms in total. The van der Waals surface area contributed by atoms with Gasteiger partial charge in [-0.15, -0.1) is 0 Å². The molecule has 0 amide bonds. The number of nitrogens with zero attached hydrogens (tertiary/aromatic N) is 1. The minimum atomic E-state index is 0.685. The molecule has 1 atom stereocenters. The second kappa shape index (κ2) is 2.53. The van der Waals surface area contributed by atoms with Crippen LogP contribution in [0.25, 0.3) is 0 Å². The van der Waals surface area contributed by atoms with Crippen LogP contribution < -0.4 is 0 Å². The molecule has 0 bridgehead atoms. The topological polar surface area (TPSA) is 3.24 Å². The summed E-state index contributed by atoms with van der Waals surface area (Å²) in [6, 6.07) is 0.685. The molecule has 1 rings (SSSR count). The highest BCUT2D eigenvalue weighted by atomic mass is 15.1. The van der Waals surface area contributed by atoms with E-state index >= 15 is 0 Å². The van der Waals surface area contributed by atoms with Crippen LogP contribution in [0.5, 0.6) is 0 Å². The fraction of sp³-hybridized carbons (Fsp3) is 0.750. The van der Waals surface area contributed by atoms with Gasteiger partial charge in [-0.3, -0.25) is 4.90 Å². The van der Waals surface area contributed by atoms with Gasteiger partial charge in [-0.2, -0.15) is 0 Å². The lowest BCUT2D eigenvalue weighted by atomic mass is 10.1. The van der Waals surface area contributed by atoms with Gasteiger partial charge in [0.1, 0.15) is 0 Å². The Hall–Kier alpha value is -0.300. The van der Waals surface area contributed by atoms with Crippen LogP contribution in [0.1, 0.15) is 13.8 Å². The van der Waals surface area contributed by atoms with Gasteiger partial charge in [0.25, 0.3) is 0 Å². The summed E-state index contributed by atoms with van der Waals surface area (Å²) >= 11 is 0. The van der Waals surface area contributed by atoms with Crippen LogP contribution in [0.15, 0.2) is 12.2 Å². The third-order valence-electron chi connectivity index (χ3n) is 1.92. The maximum Gasteiger partial charge on any atom is 0.0301 e. The Labute approximate surface area is 57.4 Å². The third-order valence-corrected chi connectivity index (χ3v) is 1.92. The predicted molar refractivity (Wildman–Crippen MR) is 40.4 cm³/mol. The summed E-state index contributed by atoms with van der Waals surface area (Å²) in [6.45, 7) is 5.65. The molecule has 0 aliphatic carbocycles. The Kier molecular flexibility index (Phi) is 1.91. The molecule has 0 fully saturated rings. The van der Waals surface area contributed by atoms with Crippen LogP contribution >= 0.6 is 0 Å². The number of likely N-dealkylation sites (N-methyl/N-ethyl adjacent to an activating group) is 1. The molecule has 0 radical (unpaired) electrons. The van der Waals surface area contributed by atoms with E-state index in [9.17, 15) is 0 Å². The van der Waals surface area contributed by atoms with Crippen LogP contribution in [0.2, 0.25) is 0 Å². The molecule has 0 aromatic carbocycles. The van der Waals surface area contributed by atoms with Crippen molar-refractivity contribution < 1.29 is 0 Å². The summed E-state index contributed by atoms with van der Waals surface area (Å²) in [5.74, 6) is 0.758. The maximum atomic E-state index is 2.37. The van der Waals surface area contributed by atoms with E-state index in [0.29, 0.717) is 6.04 Å². The molecule has 1 heteroatoms. The molecule has 0 saturated carbocycles. The average Bonchev–Trinajstić information content (AvgIpc) is 2.13. The van der Waals surface area contributed by atoms with E-state index in [4.69, 9.17) is 0 Å². The van der Waals surface area contributed by atoms with Gasteiger partial charge in [-0.1, -0.05) is 26.0 Å². The first-order valence-electron chi connectivity index (χ1n) is 3.58. The average molecular weight is 125 g/mol.